The molecule has 0 fully saturated rings. The van der Waals surface area contributed by atoms with Gasteiger partial charge in [-0.3, -0.25) is 4.79 Å². The van der Waals surface area contributed by atoms with Gasteiger partial charge in [-0.15, -0.1) is 23.1 Å². The number of hydrogen-bond donors (Lipinski definition) is 2. The number of aromatic nitrogens is 2. The Morgan fingerprint density at radius 2 is 2.13 bits per heavy atom. The van der Waals surface area contributed by atoms with Crippen molar-refractivity contribution in [2.45, 2.75) is 17.1 Å². The third-order valence-corrected chi connectivity index (χ3v) is 5.23. The van der Waals surface area contributed by atoms with E-state index in [0.29, 0.717) is 10.2 Å². The number of thiazole rings is 1. The molecule has 0 aliphatic heterocycles. The molecule has 7 heteroatoms. The number of halogens is 1. The van der Waals surface area contributed by atoms with Crippen LogP contribution in [0.4, 0.5) is 5.13 Å². The third kappa shape index (κ3) is 4.16. The van der Waals surface area contributed by atoms with Gasteiger partial charge in [-0.2, -0.15) is 0 Å². The average Bonchev–Trinajstić information content (AvgIpc) is 3.20. The lowest BCUT2D eigenvalue weighted by Crippen LogP contribution is -2.22. The summed E-state index contributed by atoms with van der Waals surface area (Å²) in [5.74, 6) is -0.0719. The lowest BCUT2D eigenvalue weighted by molar-refractivity contribution is -0.115. The largest absolute Gasteiger partial charge is 0.360 e. The Kier molecular flexibility index (Phi) is 5.05. The van der Waals surface area contributed by atoms with Crippen molar-refractivity contribution in [1.29, 1.82) is 0 Å². The van der Waals surface area contributed by atoms with E-state index in [-0.39, 0.29) is 11.2 Å². The van der Waals surface area contributed by atoms with Crippen molar-refractivity contribution < 1.29 is 4.79 Å². The van der Waals surface area contributed by atoms with E-state index in [4.69, 9.17) is 11.6 Å². The van der Waals surface area contributed by atoms with Crippen LogP contribution in [-0.2, 0) is 4.79 Å². The Balaban J connectivity index is 1.61. The number of H-pyrrole nitrogens is 1. The Morgan fingerprint density at radius 1 is 1.35 bits per heavy atom. The van der Waals surface area contributed by atoms with Crippen molar-refractivity contribution in [1.82, 2.24) is 9.97 Å². The van der Waals surface area contributed by atoms with Crippen LogP contribution in [0.2, 0.25) is 5.02 Å². The van der Waals surface area contributed by atoms with Crippen molar-refractivity contribution in [3.05, 3.63) is 53.0 Å². The van der Waals surface area contributed by atoms with Gasteiger partial charge in [0.15, 0.2) is 5.13 Å². The average molecular weight is 364 g/mol. The first-order valence-electron chi connectivity index (χ1n) is 6.94. The van der Waals surface area contributed by atoms with Gasteiger partial charge in [0, 0.05) is 21.5 Å². The Bertz CT molecular complexity index is 784. The zero-order chi connectivity index (χ0) is 16.2. The van der Waals surface area contributed by atoms with E-state index in [1.165, 1.54) is 23.1 Å². The minimum absolute atomic E-state index is 0.0719. The molecular formula is C16H14ClN3OS2. The summed E-state index contributed by atoms with van der Waals surface area (Å²) in [6.07, 6.45) is 1.85. The second-order valence-corrected chi connectivity index (χ2v) is 7.53. The van der Waals surface area contributed by atoms with Gasteiger partial charge in [-0.1, -0.05) is 11.6 Å². The highest BCUT2D eigenvalue weighted by Gasteiger charge is 2.16. The molecule has 1 aromatic carbocycles. The maximum absolute atomic E-state index is 12.3. The summed E-state index contributed by atoms with van der Waals surface area (Å²) >= 11 is 8.76. The molecule has 118 valence electrons. The third-order valence-electron chi connectivity index (χ3n) is 3.10. The first-order chi connectivity index (χ1) is 11.1. The van der Waals surface area contributed by atoms with Gasteiger partial charge in [-0.05, 0) is 43.3 Å². The van der Waals surface area contributed by atoms with Crippen LogP contribution in [0.5, 0.6) is 0 Å². The fourth-order valence-corrected chi connectivity index (χ4v) is 3.63. The molecule has 2 aromatic heterocycles. The summed E-state index contributed by atoms with van der Waals surface area (Å²) in [5, 5.41) is 5.84. The van der Waals surface area contributed by atoms with Gasteiger partial charge in [0.2, 0.25) is 5.91 Å². The Morgan fingerprint density at radius 3 is 2.83 bits per heavy atom. The van der Waals surface area contributed by atoms with Crippen LogP contribution >= 0.6 is 34.7 Å². The second-order valence-electron chi connectivity index (χ2n) is 4.82. The molecular weight excluding hydrogens is 350 g/mol. The molecule has 2 heterocycles. The summed E-state index contributed by atoms with van der Waals surface area (Å²) in [6.45, 7) is 1.87. The molecule has 0 saturated heterocycles. The van der Waals surface area contributed by atoms with Crippen LogP contribution < -0.4 is 5.32 Å². The minimum Gasteiger partial charge on any atom is -0.360 e. The maximum Gasteiger partial charge on any atom is 0.239 e. The molecule has 0 radical (unpaired) electrons. The van der Waals surface area contributed by atoms with Gasteiger partial charge < -0.3 is 10.3 Å². The van der Waals surface area contributed by atoms with E-state index in [0.717, 1.165) is 16.3 Å². The number of hydrogen-bond acceptors (Lipinski definition) is 4. The number of thioether (sulfide) groups is 1. The fraction of sp³-hybridized carbons (Fsp3) is 0.125. The highest BCUT2D eigenvalue weighted by Crippen LogP contribution is 2.27. The number of carbonyl (C=O) groups is 1. The number of carbonyl (C=O) groups excluding carboxylic acids is 1. The molecule has 23 heavy (non-hydrogen) atoms. The molecule has 4 nitrogen and oxygen atoms in total. The van der Waals surface area contributed by atoms with Crippen LogP contribution in [0.15, 0.2) is 52.9 Å². The number of rotatable bonds is 5. The predicted molar refractivity (Wildman–Crippen MR) is 97.3 cm³/mol. The Labute approximate surface area is 147 Å². The van der Waals surface area contributed by atoms with Gasteiger partial charge >= 0.3 is 0 Å². The van der Waals surface area contributed by atoms with Crippen LogP contribution in [-0.4, -0.2) is 21.1 Å². The smallest absolute Gasteiger partial charge is 0.239 e. The van der Waals surface area contributed by atoms with Crippen molar-refractivity contribution >= 4 is 45.7 Å². The Hall–Kier alpha value is -1.76. The van der Waals surface area contributed by atoms with Gasteiger partial charge in [0.25, 0.3) is 0 Å². The molecule has 1 atom stereocenters. The number of benzene rings is 1. The summed E-state index contributed by atoms with van der Waals surface area (Å²) < 4.78 is 0. The molecule has 3 aromatic rings. The van der Waals surface area contributed by atoms with Crippen molar-refractivity contribution in [2.24, 2.45) is 0 Å². The van der Waals surface area contributed by atoms with Crippen molar-refractivity contribution in [3.8, 4) is 11.4 Å². The number of anilines is 1. The molecule has 0 saturated carbocycles. The lowest BCUT2D eigenvalue weighted by Gasteiger charge is -2.10. The van der Waals surface area contributed by atoms with Crippen LogP contribution in [0.25, 0.3) is 11.4 Å². The number of aromatic amines is 1. The molecule has 0 bridgehead atoms. The first kappa shape index (κ1) is 16.1. The van der Waals surface area contributed by atoms with Crippen LogP contribution in [0.1, 0.15) is 6.92 Å². The maximum atomic E-state index is 12.3. The zero-order valence-corrected chi connectivity index (χ0v) is 14.6. The normalized spacial score (nSPS) is 12.1. The van der Waals surface area contributed by atoms with E-state index in [1.807, 2.05) is 54.9 Å². The molecule has 0 aliphatic rings. The zero-order valence-electron chi connectivity index (χ0n) is 12.2. The summed E-state index contributed by atoms with van der Waals surface area (Å²) in [4.78, 5) is 20.8. The summed E-state index contributed by atoms with van der Waals surface area (Å²) in [6, 6.07) is 11.3. The quantitative estimate of drug-likeness (QED) is 0.633. The lowest BCUT2D eigenvalue weighted by atomic mass is 10.3. The molecule has 0 unspecified atom stereocenters. The van der Waals surface area contributed by atoms with Gasteiger partial charge in [0.1, 0.15) is 0 Å². The predicted octanol–water partition coefficient (Wildman–Crippen LogP) is 4.91. The van der Waals surface area contributed by atoms with Crippen LogP contribution in [0, 0.1) is 0 Å². The SMILES string of the molecule is C[C@@H](Sc1ccc(Cl)cc1)C(=O)Nc1nc(-c2ccc[nH]2)cs1. The van der Waals surface area contributed by atoms with E-state index in [2.05, 4.69) is 15.3 Å². The van der Waals surface area contributed by atoms with Crippen molar-refractivity contribution in [2.75, 3.05) is 5.32 Å². The first-order valence-corrected chi connectivity index (χ1v) is 9.08. The molecule has 2 N–H and O–H groups in total. The van der Waals surface area contributed by atoms with Gasteiger partial charge in [-0.25, -0.2) is 4.98 Å². The number of amides is 1. The fourth-order valence-electron chi connectivity index (χ4n) is 1.92. The van der Waals surface area contributed by atoms with Crippen molar-refractivity contribution in [3.63, 3.8) is 0 Å². The topological polar surface area (TPSA) is 57.8 Å². The minimum atomic E-state index is -0.228. The van der Waals surface area contributed by atoms with E-state index in [1.54, 1.807) is 0 Å². The molecule has 1 amide bonds. The highest BCUT2D eigenvalue weighted by atomic mass is 35.5. The van der Waals surface area contributed by atoms with E-state index < -0.39 is 0 Å². The molecule has 3 rings (SSSR count). The van der Waals surface area contributed by atoms with Crippen LogP contribution in [0.3, 0.4) is 0 Å². The van der Waals surface area contributed by atoms with Gasteiger partial charge in [0.05, 0.1) is 16.6 Å². The number of nitrogens with zero attached hydrogens (tertiary/aromatic N) is 1. The summed E-state index contributed by atoms with van der Waals surface area (Å²) in [5.41, 5.74) is 1.76. The second kappa shape index (κ2) is 7.21. The number of nitrogens with one attached hydrogen (secondary N) is 2. The standard InChI is InChI=1S/C16H14ClN3OS2/c1-10(23-12-6-4-11(17)5-7-12)15(21)20-16-19-14(9-22-16)13-3-2-8-18-13/h2-10,18H,1H3,(H,19,20,21)/t10-/m1/s1. The van der Waals surface area contributed by atoms with E-state index in [9.17, 15) is 4.79 Å². The highest BCUT2D eigenvalue weighted by molar-refractivity contribution is 8.00. The molecule has 0 aliphatic carbocycles. The van der Waals surface area contributed by atoms with E-state index >= 15 is 0 Å². The summed E-state index contributed by atoms with van der Waals surface area (Å²) in [7, 11) is 0. The molecule has 0 spiro atoms. The monoisotopic (exact) mass is 363 g/mol.